The van der Waals surface area contributed by atoms with Gasteiger partial charge in [0.05, 0.1) is 11.8 Å². The Morgan fingerprint density at radius 1 is 0.971 bits per heavy atom. The lowest BCUT2D eigenvalue weighted by atomic mass is 9.84. The van der Waals surface area contributed by atoms with Crippen LogP contribution in [0.4, 0.5) is 10.5 Å². The molecule has 4 aliphatic rings. The summed E-state index contributed by atoms with van der Waals surface area (Å²) in [6, 6.07) is 6.27. The van der Waals surface area contributed by atoms with Gasteiger partial charge in [-0.25, -0.2) is 4.79 Å². The smallest absolute Gasteiger partial charge is 0.404 e. The van der Waals surface area contributed by atoms with Gasteiger partial charge < -0.3 is 29.9 Å². The van der Waals surface area contributed by atoms with Crippen LogP contribution in [0.3, 0.4) is 0 Å². The highest BCUT2D eigenvalue weighted by Gasteiger charge is 2.26. The van der Waals surface area contributed by atoms with Crippen LogP contribution in [-0.2, 0) is 0 Å². The largest absolute Gasteiger partial charge is 0.465 e. The van der Waals surface area contributed by atoms with E-state index in [1.165, 1.54) is 25.7 Å². The van der Waals surface area contributed by atoms with Gasteiger partial charge in [-0.05, 0) is 69.5 Å². The fourth-order valence-corrected chi connectivity index (χ4v) is 5.59. The van der Waals surface area contributed by atoms with Crippen LogP contribution in [0.2, 0.25) is 0 Å². The molecule has 8 nitrogen and oxygen atoms in total. The van der Waals surface area contributed by atoms with Crippen LogP contribution in [0.15, 0.2) is 18.2 Å². The van der Waals surface area contributed by atoms with E-state index in [0.29, 0.717) is 6.79 Å². The first-order valence-corrected chi connectivity index (χ1v) is 13.1. The summed E-state index contributed by atoms with van der Waals surface area (Å²) in [6.45, 7) is 5.61. The molecule has 3 fully saturated rings. The molecule has 5 rings (SSSR count). The molecule has 1 saturated heterocycles. The van der Waals surface area contributed by atoms with Crippen LogP contribution in [0.1, 0.15) is 64.2 Å². The van der Waals surface area contributed by atoms with Crippen molar-refractivity contribution in [2.45, 2.75) is 76.4 Å². The summed E-state index contributed by atoms with van der Waals surface area (Å²) in [5.74, 6) is 2.47. The molecule has 1 amide bonds. The van der Waals surface area contributed by atoms with Gasteiger partial charge in [0.25, 0.3) is 0 Å². The van der Waals surface area contributed by atoms with E-state index in [0.717, 1.165) is 94.4 Å². The monoisotopic (exact) mass is 475 g/mol. The Hall–Kier alpha value is -2.19. The topological polar surface area (TPSA) is 94.5 Å². The van der Waals surface area contributed by atoms with Gasteiger partial charge in [0, 0.05) is 32.2 Å². The van der Waals surface area contributed by atoms with Crippen molar-refractivity contribution >= 4 is 11.8 Å². The molecule has 8 heteroatoms. The minimum atomic E-state index is -0.891. The number of benzene rings is 1. The molecule has 2 aliphatic carbocycles. The molecule has 0 radical (unpaired) electrons. The zero-order valence-corrected chi connectivity index (χ0v) is 20.3. The summed E-state index contributed by atoms with van der Waals surface area (Å²) in [5.41, 5.74) is 1.15. The van der Waals surface area contributed by atoms with Crippen LogP contribution in [0.25, 0.3) is 0 Å². The second-order valence-corrected chi connectivity index (χ2v) is 10.1. The second-order valence-electron chi connectivity index (χ2n) is 10.1. The molecular formula is C26H41N3O5. The molecule has 0 unspecified atom stereocenters. The van der Waals surface area contributed by atoms with E-state index in [4.69, 9.17) is 19.7 Å². The summed E-state index contributed by atoms with van der Waals surface area (Å²) < 4.78 is 11.1. The number of aliphatic hydroxyl groups is 1. The average Bonchev–Trinajstić information content (AvgIpc) is 3.34. The fraction of sp³-hybridized carbons (Fsp3) is 0.731. The number of hydrogen-bond donors (Lipinski definition) is 3. The molecule has 34 heavy (non-hydrogen) atoms. The second kappa shape index (κ2) is 12.5. The molecule has 2 heterocycles. The van der Waals surface area contributed by atoms with Crippen molar-refractivity contribution in [2.75, 3.05) is 44.4 Å². The number of rotatable bonds is 5. The Kier molecular flexibility index (Phi) is 9.16. The number of fused-ring (bicyclic) bond motifs is 1. The zero-order valence-electron chi connectivity index (χ0n) is 20.3. The van der Waals surface area contributed by atoms with Gasteiger partial charge in [0.15, 0.2) is 11.5 Å². The van der Waals surface area contributed by atoms with Crippen molar-refractivity contribution in [2.24, 2.45) is 5.92 Å². The van der Waals surface area contributed by atoms with Crippen LogP contribution in [0.5, 0.6) is 11.5 Å². The number of piperazine rings is 1. The van der Waals surface area contributed by atoms with Crippen molar-refractivity contribution in [3.05, 3.63) is 18.2 Å². The Morgan fingerprint density at radius 2 is 1.71 bits per heavy atom. The molecule has 0 aromatic heterocycles. The third kappa shape index (κ3) is 7.15. The van der Waals surface area contributed by atoms with E-state index in [2.05, 4.69) is 21.2 Å². The van der Waals surface area contributed by atoms with Crippen LogP contribution in [0, 0.1) is 5.92 Å². The van der Waals surface area contributed by atoms with Gasteiger partial charge in [0.2, 0.25) is 6.79 Å². The SMILES string of the molecule is O=C(O)NC1CCC(CCN2CCN(c3cccc4c3OCO4)CC2)CC1.OC1CCCCC1. The van der Waals surface area contributed by atoms with Crippen molar-refractivity contribution in [3.8, 4) is 11.5 Å². The maximum Gasteiger partial charge on any atom is 0.404 e. The quantitative estimate of drug-likeness (QED) is 0.591. The molecule has 1 aromatic rings. The van der Waals surface area contributed by atoms with E-state index < -0.39 is 6.09 Å². The van der Waals surface area contributed by atoms with E-state index in [-0.39, 0.29) is 12.1 Å². The number of carbonyl (C=O) groups is 1. The maximum atomic E-state index is 10.7. The molecule has 0 atom stereocenters. The number of para-hydroxylation sites is 1. The highest BCUT2D eigenvalue weighted by molar-refractivity contribution is 5.66. The molecular weight excluding hydrogens is 434 g/mol. The lowest BCUT2D eigenvalue weighted by Crippen LogP contribution is -2.47. The summed E-state index contributed by atoms with van der Waals surface area (Å²) in [6.07, 6.45) is 10.5. The number of nitrogens with one attached hydrogen (secondary N) is 1. The van der Waals surface area contributed by atoms with Crippen molar-refractivity contribution < 1.29 is 24.5 Å². The molecule has 0 bridgehead atoms. The molecule has 2 aliphatic heterocycles. The molecule has 2 saturated carbocycles. The zero-order chi connectivity index (χ0) is 23.8. The normalized spacial score (nSPS) is 25.4. The Balaban J connectivity index is 0.000000336. The first kappa shape index (κ1) is 24.9. The average molecular weight is 476 g/mol. The van der Waals surface area contributed by atoms with Gasteiger partial charge in [-0.15, -0.1) is 0 Å². The molecule has 3 N–H and O–H groups in total. The fourth-order valence-electron chi connectivity index (χ4n) is 5.59. The predicted molar refractivity (Wildman–Crippen MR) is 132 cm³/mol. The third-order valence-corrected chi connectivity index (χ3v) is 7.69. The molecule has 190 valence electrons. The van der Waals surface area contributed by atoms with Crippen molar-refractivity contribution in [1.82, 2.24) is 10.2 Å². The first-order valence-electron chi connectivity index (χ1n) is 13.1. The van der Waals surface area contributed by atoms with Gasteiger partial charge in [0.1, 0.15) is 0 Å². The van der Waals surface area contributed by atoms with E-state index >= 15 is 0 Å². The van der Waals surface area contributed by atoms with Crippen LogP contribution >= 0.6 is 0 Å². The summed E-state index contributed by atoms with van der Waals surface area (Å²) in [5, 5.41) is 20.4. The summed E-state index contributed by atoms with van der Waals surface area (Å²) in [7, 11) is 0. The van der Waals surface area contributed by atoms with Gasteiger partial charge in [-0.1, -0.05) is 25.3 Å². The number of ether oxygens (including phenoxy) is 2. The number of aliphatic hydroxyl groups excluding tert-OH is 1. The number of hydrogen-bond acceptors (Lipinski definition) is 6. The van der Waals surface area contributed by atoms with Crippen molar-refractivity contribution in [3.63, 3.8) is 0 Å². The lowest BCUT2D eigenvalue weighted by molar-refractivity contribution is 0.130. The molecule has 0 spiro atoms. The van der Waals surface area contributed by atoms with Gasteiger partial charge >= 0.3 is 6.09 Å². The Labute approximate surface area is 203 Å². The Morgan fingerprint density at radius 3 is 2.35 bits per heavy atom. The number of carboxylic acid groups (broad SMARTS) is 1. The predicted octanol–water partition coefficient (Wildman–Crippen LogP) is 4.07. The maximum absolute atomic E-state index is 10.7. The van der Waals surface area contributed by atoms with E-state index in [1.54, 1.807) is 0 Å². The first-order chi connectivity index (χ1) is 16.6. The van der Waals surface area contributed by atoms with Crippen LogP contribution in [-0.4, -0.2) is 72.9 Å². The minimum absolute atomic E-state index is 0.0359. The van der Waals surface area contributed by atoms with E-state index in [1.807, 2.05) is 12.1 Å². The minimum Gasteiger partial charge on any atom is -0.465 e. The number of anilines is 1. The lowest BCUT2D eigenvalue weighted by Gasteiger charge is -2.37. The summed E-state index contributed by atoms with van der Waals surface area (Å²) in [4.78, 5) is 15.7. The third-order valence-electron chi connectivity index (χ3n) is 7.69. The van der Waals surface area contributed by atoms with Gasteiger partial charge in [-0.2, -0.15) is 0 Å². The number of nitrogens with zero attached hydrogens (tertiary/aromatic N) is 2. The molecule has 1 aromatic carbocycles. The Bertz CT molecular complexity index is 770. The van der Waals surface area contributed by atoms with E-state index in [9.17, 15) is 4.79 Å². The highest BCUT2D eigenvalue weighted by Crippen LogP contribution is 2.41. The highest BCUT2D eigenvalue weighted by atomic mass is 16.7. The summed E-state index contributed by atoms with van der Waals surface area (Å²) >= 11 is 0. The van der Waals surface area contributed by atoms with Crippen LogP contribution < -0.4 is 19.7 Å². The van der Waals surface area contributed by atoms with Crippen molar-refractivity contribution in [1.29, 1.82) is 0 Å². The van der Waals surface area contributed by atoms with Gasteiger partial charge in [-0.3, -0.25) is 4.90 Å². The number of amides is 1. The standard InChI is InChI=1S/C20H29N3O4.C6H12O/c24-20(25)21-16-6-4-15(5-7-16)8-9-22-10-12-23(13-11-22)17-2-1-3-18-19(17)27-14-26-18;7-6-4-2-1-3-5-6/h1-3,15-16,21H,4-14H2,(H,24,25);6-7H,1-5H2.